The Morgan fingerprint density at radius 1 is 1.28 bits per heavy atom. The lowest BCUT2D eigenvalue weighted by Crippen LogP contribution is -1.95. The number of aromatic nitrogens is 1. The van der Waals surface area contributed by atoms with Crippen molar-refractivity contribution in [2.45, 2.75) is 6.42 Å². The summed E-state index contributed by atoms with van der Waals surface area (Å²) in [7, 11) is 0. The van der Waals surface area contributed by atoms with E-state index in [-0.39, 0.29) is 6.42 Å². The largest absolute Gasteiger partial charge is 0.253 e. The number of nitrogens with zero attached hydrogens (tertiary/aromatic N) is 2. The van der Waals surface area contributed by atoms with Crippen molar-refractivity contribution >= 4 is 23.2 Å². The zero-order chi connectivity index (χ0) is 13.1. The van der Waals surface area contributed by atoms with E-state index in [1.807, 2.05) is 6.07 Å². The minimum atomic E-state index is -0.478. The van der Waals surface area contributed by atoms with Gasteiger partial charge < -0.3 is 0 Å². The summed E-state index contributed by atoms with van der Waals surface area (Å²) in [5.41, 5.74) is 1.63. The van der Waals surface area contributed by atoms with Crippen molar-refractivity contribution in [3.05, 3.63) is 51.9 Å². The minimum Gasteiger partial charge on any atom is -0.253 e. The van der Waals surface area contributed by atoms with Gasteiger partial charge in [-0.1, -0.05) is 23.2 Å². The molecule has 0 saturated carbocycles. The zero-order valence-electron chi connectivity index (χ0n) is 9.12. The third-order valence-corrected chi connectivity index (χ3v) is 2.94. The van der Waals surface area contributed by atoms with E-state index in [4.69, 9.17) is 28.5 Å². The van der Waals surface area contributed by atoms with Gasteiger partial charge in [0.25, 0.3) is 0 Å². The van der Waals surface area contributed by atoms with E-state index >= 15 is 0 Å². The molecule has 0 spiro atoms. The maximum atomic E-state index is 13.1. The van der Waals surface area contributed by atoms with Gasteiger partial charge in [-0.2, -0.15) is 5.26 Å². The Bertz CT molecular complexity index is 635. The van der Waals surface area contributed by atoms with E-state index in [1.165, 1.54) is 6.07 Å². The van der Waals surface area contributed by atoms with Gasteiger partial charge in [0, 0.05) is 10.6 Å². The van der Waals surface area contributed by atoms with Crippen LogP contribution in [0.5, 0.6) is 0 Å². The van der Waals surface area contributed by atoms with Gasteiger partial charge in [0.1, 0.15) is 5.82 Å². The fourth-order valence-corrected chi connectivity index (χ4v) is 2.12. The van der Waals surface area contributed by atoms with Crippen molar-refractivity contribution < 1.29 is 4.39 Å². The lowest BCUT2D eigenvalue weighted by molar-refractivity contribution is 0.620. The number of nitriles is 1. The summed E-state index contributed by atoms with van der Waals surface area (Å²) in [6, 6.07) is 8.22. The summed E-state index contributed by atoms with van der Waals surface area (Å²) in [6.07, 6.45) is 1.17. The second kappa shape index (κ2) is 5.34. The third kappa shape index (κ3) is 2.61. The maximum Gasteiger partial charge on any atom is 0.141 e. The average molecular weight is 281 g/mol. The Kier molecular flexibility index (Phi) is 3.81. The number of pyridine rings is 1. The Morgan fingerprint density at radius 3 is 2.72 bits per heavy atom. The standard InChI is InChI=1S/C13H7Cl2FN2/c14-9-1-2-11(12(15)6-9)13-8(3-4-17)5-10(16)7-18-13/h1-2,5-7H,3H2. The molecule has 2 aromatic rings. The number of hydrogen-bond acceptors (Lipinski definition) is 2. The molecule has 90 valence electrons. The van der Waals surface area contributed by atoms with Crippen molar-refractivity contribution in [3.8, 4) is 17.3 Å². The fraction of sp³-hybridized carbons (Fsp3) is 0.0769. The number of halogens is 3. The lowest BCUT2D eigenvalue weighted by Gasteiger charge is -2.08. The van der Waals surface area contributed by atoms with E-state index in [0.717, 1.165) is 6.20 Å². The van der Waals surface area contributed by atoms with Crippen LogP contribution in [0, 0.1) is 17.1 Å². The first-order valence-corrected chi connectivity index (χ1v) is 5.84. The van der Waals surface area contributed by atoms with Crippen LogP contribution in [-0.2, 0) is 6.42 Å². The van der Waals surface area contributed by atoms with Crippen LogP contribution in [0.1, 0.15) is 5.56 Å². The third-order valence-electron chi connectivity index (χ3n) is 2.39. The highest BCUT2D eigenvalue weighted by molar-refractivity contribution is 6.36. The molecule has 1 aromatic carbocycles. The predicted octanol–water partition coefficient (Wildman–Crippen LogP) is 4.26. The fourth-order valence-electron chi connectivity index (χ4n) is 1.63. The SMILES string of the molecule is N#CCc1cc(F)cnc1-c1ccc(Cl)cc1Cl. The summed E-state index contributed by atoms with van der Waals surface area (Å²) in [4.78, 5) is 4.00. The predicted molar refractivity (Wildman–Crippen MR) is 69.0 cm³/mol. The quantitative estimate of drug-likeness (QED) is 0.824. The molecule has 0 amide bonds. The average Bonchev–Trinajstić information content (AvgIpc) is 2.31. The molecule has 0 bridgehead atoms. The molecule has 1 aromatic heterocycles. The van der Waals surface area contributed by atoms with Gasteiger partial charge >= 0.3 is 0 Å². The van der Waals surface area contributed by atoms with Crippen LogP contribution in [-0.4, -0.2) is 4.98 Å². The highest BCUT2D eigenvalue weighted by Crippen LogP contribution is 2.31. The Morgan fingerprint density at radius 2 is 2.06 bits per heavy atom. The highest BCUT2D eigenvalue weighted by Gasteiger charge is 2.11. The van der Waals surface area contributed by atoms with Crippen LogP contribution in [0.2, 0.25) is 10.0 Å². The molecule has 0 aliphatic heterocycles. The van der Waals surface area contributed by atoms with Crippen molar-refractivity contribution in [1.82, 2.24) is 4.98 Å². The smallest absolute Gasteiger partial charge is 0.141 e. The molecule has 0 radical (unpaired) electrons. The molecule has 2 rings (SSSR count). The molecule has 0 aliphatic carbocycles. The molecule has 2 nitrogen and oxygen atoms in total. The molecule has 0 N–H and O–H groups in total. The maximum absolute atomic E-state index is 13.1. The van der Waals surface area contributed by atoms with E-state index in [1.54, 1.807) is 18.2 Å². The van der Waals surface area contributed by atoms with Crippen molar-refractivity contribution in [1.29, 1.82) is 5.26 Å². The second-order valence-electron chi connectivity index (χ2n) is 3.62. The van der Waals surface area contributed by atoms with Crippen LogP contribution >= 0.6 is 23.2 Å². The number of rotatable bonds is 2. The Labute approximate surface area is 114 Å². The van der Waals surface area contributed by atoms with E-state index in [0.29, 0.717) is 26.9 Å². The second-order valence-corrected chi connectivity index (χ2v) is 4.46. The Hall–Kier alpha value is -1.63. The van der Waals surface area contributed by atoms with Crippen molar-refractivity contribution in [2.75, 3.05) is 0 Å². The normalized spacial score (nSPS) is 10.1. The first-order chi connectivity index (χ1) is 8.61. The summed E-state index contributed by atoms with van der Waals surface area (Å²) in [5.74, 6) is -0.478. The zero-order valence-corrected chi connectivity index (χ0v) is 10.6. The molecule has 0 saturated heterocycles. The van der Waals surface area contributed by atoms with Gasteiger partial charge in [0.2, 0.25) is 0 Å². The summed E-state index contributed by atoms with van der Waals surface area (Å²) in [6.45, 7) is 0. The van der Waals surface area contributed by atoms with Gasteiger partial charge in [-0.3, -0.25) is 4.98 Å². The molecule has 0 atom stereocenters. The molecule has 0 fully saturated rings. The van der Waals surface area contributed by atoms with Crippen LogP contribution in [0.15, 0.2) is 30.5 Å². The molecule has 5 heteroatoms. The van der Waals surface area contributed by atoms with Crippen LogP contribution in [0.4, 0.5) is 4.39 Å². The van der Waals surface area contributed by atoms with Crippen molar-refractivity contribution in [2.24, 2.45) is 0 Å². The molecule has 1 heterocycles. The highest BCUT2D eigenvalue weighted by atomic mass is 35.5. The Balaban J connectivity index is 2.60. The molecular weight excluding hydrogens is 274 g/mol. The van der Waals surface area contributed by atoms with E-state index in [2.05, 4.69) is 4.98 Å². The topological polar surface area (TPSA) is 36.7 Å². The van der Waals surface area contributed by atoms with E-state index < -0.39 is 5.82 Å². The molecule has 18 heavy (non-hydrogen) atoms. The number of hydrogen-bond donors (Lipinski definition) is 0. The van der Waals surface area contributed by atoms with Crippen LogP contribution < -0.4 is 0 Å². The number of benzene rings is 1. The first-order valence-electron chi connectivity index (χ1n) is 5.08. The molecule has 0 aliphatic rings. The minimum absolute atomic E-state index is 0.0685. The first kappa shape index (κ1) is 12.8. The van der Waals surface area contributed by atoms with Gasteiger partial charge in [-0.05, 0) is 29.8 Å². The van der Waals surface area contributed by atoms with Crippen LogP contribution in [0.3, 0.4) is 0 Å². The van der Waals surface area contributed by atoms with Gasteiger partial charge in [0.05, 0.1) is 29.4 Å². The van der Waals surface area contributed by atoms with E-state index in [9.17, 15) is 4.39 Å². The lowest BCUT2D eigenvalue weighted by atomic mass is 10.0. The summed E-state index contributed by atoms with van der Waals surface area (Å²) < 4.78 is 13.1. The van der Waals surface area contributed by atoms with Gasteiger partial charge in [-0.15, -0.1) is 0 Å². The molecule has 0 unspecified atom stereocenters. The van der Waals surface area contributed by atoms with Gasteiger partial charge in [0.15, 0.2) is 0 Å². The van der Waals surface area contributed by atoms with Gasteiger partial charge in [-0.25, -0.2) is 4.39 Å². The van der Waals surface area contributed by atoms with Crippen molar-refractivity contribution in [3.63, 3.8) is 0 Å². The monoisotopic (exact) mass is 280 g/mol. The summed E-state index contributed by atoms with van der Waals surface area (Å²) in [5, 5.41) is 9.67. The summed E-state index contributed by atoms with van der Waals surface area (Å²) >= 11 is 11.9. The molecular formula is C13H7Cl2FN2. The van der Waals surface area contributed by atoms with Crippen LogP contribution in [0.25, 0.3) is 11.3 Å².